The maximum atomic E-state index is 11.1. The van der Waals surface area contributed by atoms with Gasteiger partial charge >= 0.3 is 5.97 Å². The minimum absolute atomic E-state index is 0. The fourth-order valence-corrected chi connectivity index (χ4v) is 2.66. The predicted molar refractivity (Wildman–Crippen MR) is 128 cm³/mol. The summed E-state index contributed by atoms with van der Waals surface area (Å²) in [6.07, 6.45) is 4.02. The van der Waals surface area contributed by atoms with E-state index in [1.54, 1.807) is 7.11 Å². The zero-order valence-corrected chi connectivity index (χ0v) is 20.4. The van der Waals surface area contributed by atoms with Gasteiger partial charge in [0.15, 0.2) is 17.5 Å². The van der Waals surface area contributed by atoms with Crippen LogP contribution in [0.4, 0.5) is 0 Å². The Morgan fingerprint density at radius 3 is 2.52 bits per heavy atom. The topological polar surface area (TPSA) is 81.2 Å². The van der Waals surface area contributed by atoms with Crippen LogP contribution in [0.1, 0.15) is 45.1 Å². The summed E-state index contributed by atoms with van der Waals surface area (Å²) in [5.41, 5.74) is 1.21. The van der Waals surface area contributed by atoms with Crippen molar-refractivity contribution < 1.29 is 19.0 Å². The Hall–Kier alpha value is -1.71. The van der Waals surface area contributed by atoms with Gasteiger partial charge in [0.2, 0.25) is 0 Å². The number of aliphatic imine (C=N–C) groups is 1. The third-order valence-electron chi connectivity index (χ3n) is 4.09. The van der Waals surface area contributed by atoms with Gasteiger partial charge in [-0.25, -0.2) is 0 Å². The molecule has 0 heterocycles. The van der Waals surface area contributed by atoms with Crippen LogP contribution in [-0.2, 0) is 16.0 Å². The summed E-state index contributed by atoms with van der Waals surface area (Å²) in [5.74, 6) is 2.19. The number of esters is 1. The van der Waals surface area contributed by atoms with Crippen LogP contribution < -0.4 is 20.1 Å². The number of rotatable bonds is 13. The summed E-state index contributed by atoms with van der Waals surface area (Å²) in [6, 6.07) is 6.05. The highest BCUT2D eigenvalue weighted by atomic mass is 127. The smallest absolute Gasteiger partial charge is 0.305 e. The molecule has 0 saturated carbocycles. The molecule has 0 spiro atoms. The molecule has 1 aromatic rings. The molecule has 2 N–H and O–H groups in total. The van der Waals surface area contributed by atoms with Crippen LogP contribution in [0, 0.1) is 0 Å². The van der Waals surface area contributed by atoms with E-state index < -0.39 is 0 Å². The third kappa shape index (κ3) is 11.8. The number of benzene rings is 1. The SMILES string of the molecule is CCNC(=NCCCc1ccc(OC)c(OCC)c1)NCCCCC(=O)OC.I. The molecule has 1 aromatic carbocycles. The van der Waals surface area contributed by atoms with Crippen molar-refractivity contribution in [1.29, 1.82) is 0 Å². The van der Waals surface area contributed by atoms with Crippen LogP contribution >= 0.6 is 24.0 Å². The highest BCUT2D eigenvalue weighted by molar-refractivity contribution is 14.0. The lowest BCUT2D eigenvalue weighted by molar-refractivity contribution is -0.140. The second kappa shape index (κ2) is 17.2. The molecule has 166 valence electrons. The monoisotopic (exact) mass is 521 g/mol. The average Bonchev–Trinajstić information content (AvgIpc) is 2.71. The van der Waals surface area contributed by atoms with Crippen molar-refractivity contribution in [2.45, 2.75) is 46.0 Å². The number of nitrogens with zero attached hydrogens (tertiary/aromatic N) is 1. The molecule has 0 fully saturated rings. The van der Waals surface area contributed by atoms with Crippen molar-refractivity contribution in [3.05, 3.63) is 23.8 Å². The highest BCUT2D eigenvalue weighted by Gasteiger charge is 2.05. The van der Waals surface area contributed by atoms with Crippen molar-refractivity contribution in [3.8, 4) is 11.5 Å². The summed E-state index contributed by atoms with van der Waals surface area (Å²) < 4.78 is 15.6. The number of unbranched alkanes of at least 4 members (excludes halogenated alkanes) is 1. The molecule has 0 aliphatic heterocycles. The maximum Gasteiger partial charge on any atom is 0.305 e. The molecule has 0 saturated heterocycles. The van der Waals surface area contributed by atoms with Crippen molar-refractivity contribution in [1.82, 2.24) is 10.6 Å². The van der Waals surface area contributed by atoms with Gasteiger partial charge in [-0.15, -0.1) is 24.0 Å². The van der Waals surface area contributed by atoms with Gasteiger partial charge in [-0.1, -0.05) is 6.07 Å². The van der Waals surface area contributed by atoms with E-state index >= 15 is 0 Å². The van der Waals surface area contributed by atoms with Crippen LogP contribution in [-0.4, -0.2) is 52.4 Å². The van der Waals surface area contributed by atoms with Crippen molar-refractivity contribution >= 4 is 35.9 Å². The van der Waals surface area contributed by atoms with E-state index in [4.69, 9.17) is 9.47 Å². The molecule has 0 radical (unpaired) electrons. The molecule has 0 atom stereocenters. The first-order chi connectivity index (χ1) is 13.6. The summed E-state index contributed by atoms with van der Waals surface area (Å²) in [4.78, 5) is 15.7. The van der Waals surface area contributed by atoms with Gasteiger partial charge in [-0.2, -0.15) is 0 Å². The Morgan fingerprint density at radius 1 is 1.07 bits per heavy atom. The molecule has 0 aromatic heterocycles. The maximum absolute atomic E-state index is 11.1. The van der Waals surface area contributed by atoms with Crippen LogP contribution in [0.25, 0.3) is 0 Å². The van der Waals surface area contributed by atoms with E-state index in [-0.39, 0.29) is 29.9 Å². The number of carbonyl (C=O) groups is 1. The van der Waals surface area contributed by atoms with Crippen LogP contribution in [0.15, 0.2) is 23.2 Å². The Morgan fingerprint density at radius 2 is 1.86 bits per heavy atom. The van der Waals surface area contributed by atoms with Gasteiger partial charge in [-0.3, -0.25) is 9.79 Å². The zero-order chi connectivity index (χ0) is 20.6. The van der Waals surface area contributed by atoms with Crippen molar-refractivity contribution in [2.75, 3.05) is 40.5 Å². The molecule has 0 unspecified atom stereocenters. The number of halogens is 1. The Kier molecular flexibility index (Phi) is 16.2. The summed E-state index contributed by atoms with van der Waals surface area (Å²) in [6.45, 7) is 6.94. The Balaban J connectivity index is 0.00000784. The van der Waals surface area contributed by atoms with E-state index in [0.717, 1.165) is 62.8 Å². The van der Waals surface area contributed by atoms with Crippen molar-refractivity contribution in [3.63, 3.8) is 0 Å². The standard InChI is InChI=1S/C21H35N3O4.HI/c1-5-22-21(23-14-8-7-11-20(25)27-4)24-15-9-10-17-12-13-18(26-3)19(16-17)28-6-2;/h12-13,16H,5-11,14-15H2,1-4H3,(H2,22,23,24);1H. The fourth-order valence-electron chi connectivity index (χ4n) is 2.66. The van der Waals surface area contributed by atoms with E-state index in [1.165, 1.54) is 12.7 Å². The molecule has 1 rings (SSSR count). The summed E-state index contributed by atoms with van der Waals surface area (Å²) >= 11 is 0. The van der Waals surface area contributed by atoms with E-state index in [9.17, 15) is 4.79 Å². The number of methoxy groups -OCH3 is 2. The lowest BCUT2D eigenvalue weighted by Gasteiger charge is -2.12. The van der Waals surface area contributed by atoms with E-state index in [0.29, 0.717) is 13.0 Å². The molecule has 7 nitrogen and oxygen atoms in total. The lowest BCUT2D eigenvalue weighted by atomic mass is 10.1. The van der Waals surface area contributed by atoms with Gasteiger partial charge in [0, 0.05) is 26.1 Å². The molecular formula is C21H36IN3O4. The Bertz CT molecular complexity index is 612. The van der Waals surface area contributed by atoms with E-state index in [1.807, 2.05) is 26.0 Å². The molecule has 0 bridgehead atoms. The molecule has 0 aliphatic carbocycles. The third-order valence-corrected chi connectivity index (χ3v) is 4.09. The molecule has 0 aliphatic rings. The first-order valence-corrected chi connectivity index (χ1v) is 10.0. The van der Waals surface area contributed by atoms with Gasteiger partial charge in [0.25, 0.3) is 0 Å². The number of ether oxygens (including phenoxy) is 3. The number of hydrogen-bond acceptors (Lipinski definition) is 5. The number of aryl methyl sites for hydroxylation is 1. The molecular weight excluding hydrogens is 485 g/mol. The van der Waals surface area contributed by atoms with Gasteiger partial charge in [0.1, 0.15) is 0 Å². The van der Waals surface area contributed by atoms with Crippen LogP contribution in [0.5, 0.6) is 11.5 Å². The zero-order valence-electron chi connectivity index (χ0n) is 18.1. The Labute approximate surface area is 192 Å². The van der Waals surface area contributed by atoms with Gasteiger partial charge in [-0.05, 0) is 57.2 Å². The molecule has 0 amide bonds. The fraction of sp³-hybridized carbons (Fsp3) is 0.619. The number of carbonyl (C=O) groups excluding carboxylic acids is 1. The van der Waals surface area contributed by atoms with E-state index in [2.05, 4.69) is 26.4 Å². The summed E-state index contributed by atoms with van der Waals surface area (Å²) in [5, 5.41) is 6.55. The van der Waals surface area contributed by atoms with Crippen LogP contribution in [0.2, 0.25) is 0 Å². The predicted octanol–water partition coefficient (Wildman–Crippen LogP) is 3.54. The lowest BCUT2D eigenvalue weighted by Crippen LogP contribution is -2.37. The van der Waals surface area contributed by atoms with Gasteiger partial charge in [0.05, 0.1) is 20.8 Å². The number of nitrogens with one attached hydrogen (secondary N) is 2. The second-order valence-electron chi connectivity index (χ2n) is 6.24. The number of hydrogen-bond donors (Lipinski definition) is 2. The quantitative estimate of drug-likeness (QED) is 0.136. The molecule has 8 heteroatoms. The first-order valence-electron chi connectivity index (χ1n) is 10.0. The highest BCUT2D eigenvalue weighted by Crippen LogP contribution is 2.28. The normalized spacial score (nSPS) is 10.7. The average molecular weight is 521 g/mol. The largest absolute Gasteiger partial charge is 0.493 e. The van der Waals surface area contributed by atoms with Crippen molar-refractivity contribution in [2.24, 2.45) is 4.99 Å². The minimum atomic E-state index is -0.161. The van der Waals surface area contributed by atoms with Crippen LogP contribution in [0.3, 0.4) is 0 Å². The first kappa shape index (κ1) is 27.3. The number of guanidine groups is 1. The second-order valence-corrected chi connectivity index (χ2v) is 6.24. The molecule has 29 heavy (non-hydrogen) atoms. The van der Waals surface area contributed by atoms with Gasteiger partial charge < -0.3 is 24.8 Å². The summed E-state index contributed by atoms with van der Waals surface area (Å²) in [7, 11) is 3.07. The minimum Gasteiger partial charge on any atom is -0.493 e.